The lowest BCUT2D eigenvalue weighted by atomic mass is 10.1. The van der Waals surface area contributed by atoms with Crippen molar-refractivity contribution in [1.82, 2.24) is 4.98 Å². The first-order chi connectivity index (χ1) is 10.0. The predicted octanol–water partition coefficient (Wildman–Crippen LogP) is 5.95. The zero-order chi connectivity index (χ0) is 15.3. The molecule has 0 N–H and O–H groups in total. The summed E-state index contributed by atoms with van der Waals surface area (Å²) < 4.78 is 39.3. The predicted molar refractivity (Wildman–Crippen MR) is 90.2 cm³/mol. The van der Waals surface area contributed by atoms with Crippen LogP contribution < -0.4 is 0 Å². The molecule has 1 nitrogen and oxygen atoms in total. The van der Waals surface area contributed by atoms with E-state index in [9.17, 15) is 13.2 Å². The largest absolute Gasteiger partial charge is 0.416 e. The van der Waals surface area contributed by atoms with Gasteiger partial charge in [0.1, 0.15) is 0 Å². The molecule has 0 atom stereocenters. The monoisotopic (exact) mass is 425 g/mol. The zero-order valence-electron chi connectivity index (χ0n) is 11.3. The van der Waals surface area contributed by atoms with Gasteiger partial charge in [-0.1, -0.05) is 35.1 Å². The van der Waals surface area contributed by atoms with Crippen molar-refractivity contribution in [3.05, 3.63) is 36.0 Å². The van der Waals surface area contributed by atoms with E-state index in [-0.39, 0.29) is 0 Å². The van der Waals surface area contributed by atoms with Crippen LogP contribution in [0.25, 0.3) is 10.9 Å². The Labute approximate surface area is 139 Å². The van der Waals surface area contributed by atoms with Crippen LogP contribution in [0.3, 0.4) is 0 Å². The maximum atomic E-state index is 12.7. The Hall–Kier alpha value is -0.500. The Morgan fingerprint density at radius 3 is 2.62 bits per heavy atom. The first-order valence-electron chi connectivity index (χ1n) is 6.67. The minimum atomic E-state index is -4.32. The molecule has 2 rings (SSSR count). The van der Waals surface area contributed by atoms with Crippen LogP contribution in [0.15, 0.2) is 35.4 Å². The Kier molecular flexibility index (Phi) is 6.16. The molecular weight excluding hydrogens is 410 g/mol. The van der Waals surface area contributed by atoms with Gasteiger partial charge in [-0.15, -0.1) is 11.8 Å². The molecule has 0 radical (unpaired) electrons. The van der Waals surface area contributed by atoms with Crippen molar-refractivity contribution < 1.29 is 13.2 Å². The van der Waals surface area contributed by atoms with Crippen molar-refractivity contribution in [3.8, 4) is 0 Å². The second-order valence-corrected chi connectivity index (χ2v) is 6.85. The van der Waals surface area contributed by atoms with E-state index in [1.165, 1.54) is 23.3 Å². The van der Waals surface area contributed by atoms with Crippen molar-refractivity contribution in [2.24, 2.45) is 0 Å². The van der Waals surface area contributed by atoms with Crippen LogP contribution >= 0.6 is 34.4 Å². The fourth-order valence-electron chi connectivity index (χ4n) is 1.98. The minimum Gasteiger partial charge on any atom is -0.256 e. The fraction of sp³-hybridized carbons (Fsp3) is 0.400. The van der Waals surface area contributed by atoms with E-state index in [4.69, 9.17) is 0 Å². The van der Waals surface area contributed by atoms with E-state index in [0.717, 1.165) is 34.6 Å². The molecule has 0 spiro atoms. The number of rotatable bonds is 6. The molecule has 0 aliphatic carbocycles. The summed E-state index contributed by atoms with van der Waals surface area (Å²) in [6.07, 6.45) is 0.788. The summed E-state index contributed by atoms with van der Waals surface area (Å²) in [6.45, 7) is 0. The number of hydrogen-bond acceptors (Lipinski definition) is 2. The first-order valence-corrected chi connectivity index (χ1v) is 9.18. The van der Waals surface area contributed by atoms with Crippen molar-refractivity contribution in [2.75, 3.05) is 10.2 Å². The van der Waals surface area contributed by atoms with E-state index in [2.05, 4.69) is 27.6 Å². The number of hydrogen-bond donors (Lipinski definition) is 0. The van der Waals surface area contributed by atoms with Crippen LogP contribution in [0, 0.1) is 0 Å². The third kappa shape index (κ3) is 4.74. The lowest BCUT2D eigenvalue weighted by molar-refractivity contribution is -0.137. The highest BCUT2D eigenvalue weighted by molar-refractivity contribution is 14.1. The van der Waals surface area contributed by atoms with Gasteiger partial charge in [0.25, 0.3) is 0 Å². The van der Waals surface area contributed by atoms with Crippen molar-refractivity contribution in [2.45, 2.75) is 30.3 Å². The number of alkyl halides is 4. The molecule has 0 saturated carbocycles. The molecule has 1 aromatic carbocycles. The van der Waals surface area contributed by atoms with E-state index < -0.39 is 11.7 Å². The molecule has 0 aliphatic rings. The van der Waals surface area contributed by atoms with Crippen molar-refractivity contribution in [1.29, 1.82) is 0 Å². The Balaban J connectivity index is 2.14. The Morgan fingerprint density at radius 1 is 1.10 bits per heavy atom. The number of halogens is 4. The molecule has 6 heteroatoms. The number of nitrogens with zero attached hydrogens (tertiary/aromatic N) is 1. The van der Waals surface area contributed by atoms with E-state index in [1.807, 2.05) is 6.07 Å². The zero-order valence-corrected chi connectivity index (χ0v) is 14.3. The van der Waals surface area contributed by atoms with Crippen LogP contribution in [0.2, 0.25) is 0 Å². The van der Waals surface area contributed by atoms with Gasteiger partial charge in [0.05, 0.1) is 11.1 Å². The molecule has 0 saturated heterocycles. The molecule has 21 heavy (non-hydrogen) atoms. The second-order valence-electron chi connectivity index (χ2n) is 4.64. The highest BCUT2D eigenvalue weighted by atomic mass is 127. The van der Waals surface area contributed by atoms with Crippen LogP contribution in [0.4, 0.5) is 13.2 Å². The molecule has 1 aromatic heterocycles. The number of fused-ring (bicyclic) bond motifs is 1. The average molecular weight is 425 g/mol. The molecule has 2 aromatic rings. The molecule has 114 valence electrons. The van der Waals surface area contributed by atoms with Crippen LogP contribution in [0.5, 0.6) is 0 Å². The van der Waals surface area contributed by atoms with Gasteiger partial charge in [-0.3, -0.25) is 4.98 Å². The number of pyridine rings is 1. The van der Waals surface area contributed by atoms with E-state index in [1.54, 1.807) is 18.0 Å². The van der Waals surface area contributed by atoms with Crippen molar-refractivity contribution in [3.63, 3.8) is 0 Å². The third-order valence-electron chi connectivity index (χ3n) is 3.07. The summed E-state index contributed by atoms with van der Waals surface area (Å²) in [4.78, 5) is 5.06. The summed E-state index contributed by atoms with van der Waals surface area (Å²) in [5, 5.41) is 0.796. The first kappa shape index (κ1) is 16.9. The minimum absolute atomic E-state index is 0.405. The van der Waals surface area contributed by atoms with Gasteiger partial charge in [0.2, 0.25) is 0 Å². The van der Waals surface area contributed by atoms with Gasteiger partial charge >= 0.3 is 6.18 Å². The molecule has 0 fully saturated rings. The number of aromatic nitrogens is 1. The summed E-state index contributed by atoms with van der Waals surface area (Å²) in [6, 6.07) is 5.65. The van der Waals surface area contributed by atoms with Crippen molar-refractivity contribution >= 4 is 45.3 Å². The topological polar surface area (TPSA) is 12.9 Å². The smallest absolute Gasteiger partial charge is 0.256 e. The molecule has 0 bridgehead atoms. The highest BCUT2D eigenvalue weighted by Gasteiger charge is 2.30. The van der Waals surface area contributed by atoms with Crippen LogP contribution in [-0.2, 0) is 6.18 Å². The average Bonchev–Trinajstić information content (AvgIpc) is 2.45. The molecule has 1 heterocycles. The number of unbranched alkanes of at least 4 members (excludes halogenated alkanes) is 2. The third-order valence-corrected chi connectivity index (χ3v) is 4.99. The van der Waals surface area contributed by atoms with Crippen LogP contribution in [-0.4, -0.2) is 15.2 Å². The summed E-state index contributed by atoms with van der Waals surface area (Å²) in [7, 11) is 0. The lowest BCUT2D eigenvalue weighted by Gasteiger charge is -2.09. The van der Waals surface area contributed by atoms with Gasteiger partial charge in [-0.2, -0.15) is 13.2 Å². The summed E-state index contributed by atoms with van der Waals surface area (Å²) in [5.74, 6) is 0.983. The van der Waals surface area contributed by atoms with E-state index in [0.29, 0.717) is 5.52 Å². The van der Waals surface area contributed by atoms with Gasteiger partial charge in [-0.05, 0) is 41.2 Å². The number of thioether (sulfide) groups is 1. The van der Waals surface area contributed by atoms with Gasteiger partial charge in [0.15, 0.2) is 0 Å². The standard InChI is InChI=1S/C15H15F3INS/c16-15(17,18)11-4-5-12-13(10-11)20-8-6-14(12)21-9-3-1-2-7-19/h4-6,8,10H,1-3,7,9H2. The van der Waals surface area contributed by atoms with Crippen LogP contribution in [0.1, 0.15) is 24.8 Å². The second kappa shape index (κ2) is 7.67. The molecule has 0 aliphatic heterocycles. The Morgan fingerprint density at radius 2 is 1.90 bits per heavy atom. The van der Waals surface area contributed by atoms with Gasteiger partial charge < -0.3 is 0 Å². The lowest BCUT2D eigenvalue weighted by Crippen LogP contribution is -2.04. The normalized spacial score (nSPS) is 12.0. The maximum absolute atomic E-state index is 12.7. The SMILES string of the molecule is FC(F)(F)c1ccc2c(SCCCCCI)ccnc2c1. The molecular formula is C15H15F3INS. The quantitative estimate of drug-likeness (QED) is 0.246. The summed E-state index contributed by atoms with van der Waals surface area (Å²) in [5.41, 5.74) is -0.242. The maximum Gasteiger partial charge on any atom is 0.416 e. The fourth-order valence-corrected chi connectivity index (χ4v) is 3.57. The van der Waals surface area contributed by atoms with Gasteiger partial charge in [0, 0.05) is 16.5 Å². The summed E-state index contributed by atoms with van der Waals surface area (Å²) >= 11 is 4.05. The van der Waals surface area contributed by atoms with E-state index >= 15 is 0 Å². The number of benzene rings is 1. The molecule has 0 unspecified atom stereocenters. The van der Waals surface area contributed by atoms with Gasteiger partial charge in [-0.25, -0.2) is 0 Å². The highest BCUT2D eigenvalue weighted by Crippen LogP contribution is 2.33. The Bertz CT molecular complexity index is 601. The molecule has 0 amide bonds.